The number of amides is 1. The van der Waals surface area contributed by atoms with E-state index in [4.69, 9.17) is 0 Å². The summed E-state index contributed by atoms with van der Waals surface area (Å²) in [5.41, 5.74) is 0. The van der Waals surface area contributed by atoms with Crippen molar-refractivity contribution in [3.05, 3.63) is 0 Å². The Bertz CT molecular complexity index is 287. The van der Waals surface area contributed by atoms with Gasteiger partial charge in [0.25, 0.3) is 0 Å². The monoisotopic (exact) mass is 300 g/mol. The molecule has 0 aromatic carbocycles. The van der Waals surface area contributed by atoms with Gasteiger partial charge in [-0.25, -0.2) is 0 Å². The highest BCUT2D eigenvalue weighted by atomic mass is 16.5. The van der Waals surface area contributed by atoms with Crippen molar-refractivity contribution in [3.63, 3.8) is 0 Å². The molecule has 0 unspecified atom stereocenters. The molecule has 0 saturated carbocycles. The molecule has 0 radical (unpaired) electrons. The summed E-state index contributed by atoms with van der Waals surface area (Å²) in [5, 5.41) is 0. The summed E-state index contributed by atoms with van der Waals surface area (Å²) in [5.74, 6) is -0.0571. The predicted molar refractivity (Wildman–Crippen MR) is 85.1 cm³/mol. The van der Waals surface area contributed by atoms with E-state index < -0.39 is 0 Å². The number of methoxy groups -OCH3 is 1. The first-order valence-corrected chi connectivity index (χ1v) is 8.15. The number of hydrogen-bond acceptors (Lipinski definition) is 4. The fourth-order valence-electron chi connectivity index (χ4n) is 2.05. The second-order valence-corrected chi connectivity index (χ2v) is 5.28. The number of unbranched alkanes of at least 4 members (excludes halogenated alkanes) is 2. The standard InChI is InChI=1S/C16H32N2O3/c1-5-8-11-18(12-9-6-2)15(19)14-17(7-3)13-10-16(20)21-4/h5-14H2,1-4H3. The number of hydrogen-bond donors (Lipinski definition) is 0. The quantitative estimate of drug-likeness (QED) is 0.519. The molecule has 0 spiro atoms. The summed E-state index contributed by atoms with van der Waals surface area (Å²) in [4.78, 5) is 27.6. The molecule has 0 aliphatic heterocycles. The first-order valence-electron chi connectivity index (χ1n) is 8.15. The lowest BCUT2D eigenvalue weighted by Crippen LogP contribution is -2.42. The maximum absolute atomic E-state index is 12.4. The maximum Gasteiger partial charge on any atom is 0.306 e. The number of carbonyl (C=O) groups is 2. The molecule has 0 aliphatic carbocycles. The summed E-state index contributed by atoms with van der Waals surface area (Å²) >= 11 is 0. The average molecular weight is 300 g/mol. The largest absolute Gasteiger partial charge is 0.469 e. The Morgan fingerprint density at radius 2 is 1.52 bits per heavy atom. The molecule has 5 nitrogen and oxygen atoms in total. The Balaban J connectivity index is 4.35. The average Bonchev–Trinajstić information content (AvgIpc) is 2.50. The van der Waals surface area contributed by atoms with Crippen LogP contribution in [0.15, 0.2) is 0 Å². The van der Waals surface area contributed by atoms with Gasteiger partial charge < -0.3 is 9.64 Å². The van der Waals surface area contributed by atoms with Gasteiger partial charge in [0.2, 0.25) is 5.91 Å². The third-order valence-corrected chi connectivity index (χ3v) is 3.58. The topological polar surface area (TPSA) is 49.9 Å². The summed E-state index contributed by atoms with van der Waals surface area (Å²) in [6, 6.07) is 0. The summed E-state index contributed by atoms with van der Waals surface area (Å²) < 4.78 is 4.64. The van der Waals surface area contributed by atoms with E-state index in [1.165, 1.54) is 7.11 Å². The molecule has 5 heteroatoms. The van der Waals surface area contributed by atoms with Gasteiger partial charge in [-0.3, -0.25) is 14.5 Å². The van der Waals surface area contributed by atoms with Crippen molar-refractivity contribution in [1.29, 1.82) is 0 Å². The SMILES string of the molecule is CCCCN(CCCC)C(=O)CN(CC)CCC(=O)OC. The molecule has 0 bridgehead atoms. The van der Waals surface area contributed by atoms with E-state index >= 15 is 0 Å². The van der Waals surface area contributed by atoms with Crippen LogP contribution in [0.25, 0.3) is 0 Å². The number of rotatable bonds is 12. The second-order valence-electron chi connectivity index (χ2n) is 5.28. The van der Waals surface area contributed by atoms with Gasteiger partial charge in [0.05, 0.1) is 20.1 Å². The van der Waals surface area contributed by atoms with Crippen LogP contribution in [0, 0.1) is 0 Å². The van der Waals surface area contributed by atoms with Crippen LogP contribution in [-0.4, -0.2) is 61.5 Å². The zero-order chi connectivity index (χ0) is 16.1. The third-order valence-electron chi connectivity index (χ3n) is 3.58. The Labute approximate surface area is 129 Å². The van der Waals surface area contributed by atoms with Crippen LogP contribution in [0.4, 0.5) is 0 Å². The molecule has 0 saturated heterocycles. The van der Waals surface area contributed by atoms with Gasteiger partial charge in [-0.05, 0) is 19.4 Å². The van der Waals surface area contributed by atoms with Gasteiger partial charge in [-0.2, -0.15) is 0 Å². The highest BCUT2D eigenvalue weighted by Crippen LogP contribution is 2.02. The molecule has 21 heavy (non-hydrogen) atoms. The van der Waals surface area contributed by atoms with Crippen LogP contribution >= 0.6 is 0 Å². The number of likely N-dealkylation sites (N-methyl/N-ethyl adjacent to an activating group) is 1. The minimum atomic E-state index is -0.227. The maximum atomic E-state index is 12.4. The summed E-state index contributed by atoms with van der Waals surface area (Å²) in [6.45, 7) is 9.68. The van der Waals surface area contributed by atoms with E-state index in [9.17, 15) is 9.59 Å². The molecule has 0 heterocycles. The molecule has 0 atom stereocenters. The molecule has 124 valence electrons. The highest BCUT2D eigenvalue weighted by Gasteiger charge is 2.16. The van der Waals surface area contributed by atoms with Crippen LogP contribution in [0.1, 0.15) is 52.9 Å². The van der Waals surface area contributed by atoms with Crippen molar-refractivity contribution < 1.29 is 14.3 Å². The van der Waals surface area contributed by atoms with Crippen LogP contribution in [0.3, 0.4) is 0 Å². The van der Waals surface area contributed by atoms with Crippen molar-refractivity contribution in [3.8, 4) is 0 Å². The lowest BCUT2D eigenvalue weighted by Gasteiger charge is -2.26. The van der Waals surface area contributed by atoms with Gasteiger partial charge in [0, 0.05) is 19.6 Å². The highest BCUT2D eigenvalue weighted by molar-refractivity contribution is 5.78. The van der Waals surface area contributed by atoms with E-state index in [2.05, 4.69) is 18.6 Å². The molecule has 1 amide bonds. The molecule has 0 fully saturated rings. The van der Waals surface area contributed by atoms with Gasteiger partial charge in [0.1, 0.15) is 0 Å². The smallest absolute Gasteiger partial charge is 0.306 e. The fraction of sp³-hybridized carbons (Fsp3) is 0.875. The van der Waals surface area contributed by atoms with E-state index in [0.29, 0.717) is 19.5 Å². The normalized spacial score (nSPS) is 10.7. The lowest BCUT2D eigenvalue weighted by atomic mass is 10.2. The van der Waals surface area contributed by atoms with Crippen LogP contribution in [0.2, 0.25) is 0 Å². The molecule has 0 rings (SSSR count). The van der Waals surface area contributed by atoms with Crippen molar-refractivity contribution in [2.24, 2.45) is 0 Å². The zero-order valence-corrected chi connectivity index (χ0v) is 14.2. The van der Waals surface area contributed by atoms with Gasteiger partial charge >= 0.3 is 5.97 Å². The van der Waals surface area contributed by atoms with Crippen molar-refractivity contribution in [2.45, 2.75) is 52.9 Å². The fourth-order valence-corrected chi connectivity index (χ4v) is 2.05. The molecular formula is C16H32N2O3. The Morgan fingerprint density at radius 3 is 1.95 bits per heavy atom. The molecule has 0 aromatic heterocycles. The molecular weight excluding hydrogens is 268 g/mol. The third kappa shape index (κ3) is 9.45. The van der Waals surface area contributed by atoms with E-state index in [1.54, 1.807) is 0 Å². The van der Waals surface area contributed by atoms with Gasteiger partial charge in [-0.1, -0.05) is 33.6 Å². The first kappa shape index (κ1) is 19.9. The first-order chi connectivity index (χ1) is 10.1. The second kappa shape index (κ2) is 12.6. The van der Waals surface area contributed by atoms with Crippen LogP contribution in [-0.2, 0) is 14.3 Å². The van der Waals surface area contributed by atoms with E-state index in [-0.39, 0.29) is 11.9 Å². The minimum Gasteiger partial charge on any atom is -0.469 e. The van der Waals surface area contributed by atoms with E-state index in [0.717, 1.165) is 45.3 Å². The summed E-state index contributed by atoms with van der Waals surface area (Å²) in [6.07, 6.45) is 4.61. The van der Waals surface area contributed by atoms with E-state index in [1.807, 2.05) is 16.7 Å². The Hall–Kier alpha value is -1.10. The minimum absolute atomic E-state index is 0.170. The van der Waals surface area contributed by atoms with Crippen LogP contribution in [0.5, 0.6) is 0 Å². The lowest BCUT2D eigenvalue weighted by molar-refractivity contribution is -0.141. The van der Waals surface area contributed by atoms with Crippen molar-refractivity contribution in [1.82, 2.24) is 9.80 Å². The zero-order valence-electron chi connectivity index (χ0n) is 14.2. The summed E-state index contributed by atoms with van der Waals surface area (Å²) in [7, 11) is 1.39. The Kier molecular flexibility index (Phi) is 12.0. The Morgan fingerprint density at radius 1 is 0.952 bits per heavy atom. The van der Waals surface area contributed by atoms with Crippen molar-refractivity contribution in [2.75, 3.05) is 39.8 Å². The number of carbonyl (C=O) groups excluding carboxylic acids is 2. The number of nitrogens with zero attached hydrogens (tertiary/aromatic N) is 2. The molecule has 0 aliphatic rings. The van der Waals surface area contributed by atoms with Crippen LogP contribution < -0.4 is 0 Å². The van der Waals surface area contributed by atoms with Crippen molar-refractivity contribution >= 4 is 11.9 Å². The number of ether oxygens (including phenoxy) is 1. The van der Waals surface area contributed by atoms with Gasteiger partial charge in [-0.15, -0.1) is 0 Å². The molecule has 0 N–H and O–H groups in total. The number of esters is 1. The predicted octanol–water partition coefficient (Wildman–Crippen LogP) is 2.30. The van der Waals surface area contributed by atoms with Gasteiger partial charge in [0.15, 0.2) is 0 Å². The molecule has 0 aromatic rings.